The topological polar surface area (TPSA) is 128 Å². The Morgan fingerprint density at radius 1 is 0.542 bits per heavy atom. The van der Waals surface area contributed by atoms with Crippen LogP contribution in [0.5, 0.6) is 0 Å². The second-order valence-corrected chi connectivity index (χ2v) is 13.0. The van der Waals surface area contributed by atoms with Crippen molar-refractivity contribution < 1.29 is 0 Å². The van der Waals surface area contributed by atoms with E-state index in [-0.39, 0.29) is 11.1 Å². The SMILES string of the molecule is NCC[C@]1(c2nccc(-c3ccc4ccccc4c3)n2)CCCN1.NCC[C@]1(c2nccc(-c3ccc4ccccc4c3)n2)CCCN1. The number of nitrogens with zero attached hydrogens (tertiary/aromatic N) is 4. The number of fused-ring (bicyclic) bond motifs is 2. The van der Waals surface area contributed by atoms with Gasteiger partial charge in [0.25, 0.3) is 0 Å². The third kappa shape index (κ3) is 6.57. The molecule has 0 aliphatic carbocycles. The molecular weight excluding hydrogens is 592 g/mol. The molecule has 2 aliphatic rings. The molecule has 48 heavy (non-hydrogen) atoms. The summed E-state index contributed by atoms with van der Waals surface area (Å²) in [6.45, 7) is 3.28. The van der Waals surface area contributed by atoms with E-state index in [1.165, 1.54) is 21.5 Å². The van der Waals surface area contributed by atoms with Crippen LogP contribution in [0.1, 0.15) is 50.2 Å². The Labute approximate surface area is 282 Å². The van der Waals surface area contributed by atoms with Crippen molar-refractivity contribution in [1.29, 1.82) is 0 Å². The van der Waals surface area contributed by atoms with E-state index < -0.39 is 0 Å². The lowest BCUT2D eigenvalue weighted by Gasteiger charge is -2.27. The van der Waals surface area contributed by atoms with Gasteiger partial charge >= 0.3 is 0 Å². The molecule has 2 aromatic heterocycles. The van der Waals surface area contributed by atoms with Crippen LogP contribution in [0.4, 0.5) is 0 Å². The number of hydrogen-bond acceptors (Lipinski definition) is 8. The second kappa shape index (κ2) is 14.3. The number of nitrogens with one attached hydrogen (secondary N) is 2. The molecule has 0 spiro atoms. The average Bonchev–Trinajstić information content (AvgIpc) is 3.84. The third-order valence-corrected chi connectivity index (χ3v) is 9.89. The number of rotatable bonds is 8. The Bertz CT molecular complexity index is 1850. The minimum Gasteiger partial charge on any atom is -0.330 e. The van der Waals surface area contributed by atoms with Gasteiger partial charge in [-0.2, -0.15) is 0 Å². The molecule has 8 heteroatoms. The van der Waals surface area contributed by atoms with E-state index in [9.17, 15) is 0 Å². The average molecular weight is 637 g/mol. The summed E-state index contributed by atoms with van der Waals surface area (Å²) in [4.78, 5) is 18.9. The fourth-order valence-corrected chi connectivity index (χ4v) is 7.33. The Hall–Kier alpha value is -4.60. The summed E-state index contributed by atoms with van der Waals surface area (Å²) in [6, 6.07) is 33.7. The van der Waals surface area contributed by atoms with E-state index >= 15 is 0 Å². The third-order valence-electron chi connectivity index (χ3n) is 9.89. The van der Waals surface area contributed by atoms with Crippen molar-refractivity contribution in [2.45, 2.75) is 49.6 Å². The number of nitrogens with two attached hydrogens (primary N) is 2. The number of aromatic nitrogens is 4. The number of benzene rings is 4. The molecule has 0 unspecified atom stereocenters. The summed E-state index contributed by atoms with van der Waals surface area (Å²) in [5, 5.41) is 12.1. The van der Waals surface area contributed by atoms with Crippen LogP contribution < -0.4 is 22.1 Å². The minimum atomic E-state index is -0.165. The summed E-state index contributed by atoms with van der Waals surface area (Å²) < 4.78 is 0. The maximum atomic E-state index is 5.85. The lowest BCUT2D eigenvalue weighted by atomic mass is 9.92. The lowest BCUT2D eigenvalue weighted by Crippen LogP contribution is -2.40. The zero-order chi connectivity index (χ0) is 32.8. The summed E-state index contributed by atoms with van der Waals surface area (Å²) >= 11 is 0. The largest absolute Gasteiger partial charge is 0.330 e. The monoisotopic (exact) mass is 636 g/mol. The molecular formula is C40H44N8. The van der Waals surface area contributed by atoms with Gasteiger partial charge in [-0.15, -0.1) is 0 Å². The van der Waals surface area contributed by atoms with Crippen molar-refractivity contribution in [3.63, 3.8) is 0 Å². The fraction of sp³-hybridized carbons (Fsp3) is 0.300. The van der Waals surface area contributed by atoms with Crippen molar-refractivity contribution in [2.75, 3.05) is 26.2 Å². The van der Waals surface area contributed by atoms with Crippen LogP contribution >= 0.6 is 0 Å². The highest BCUT2D eigenvalue weighted by Crippen LogP contribution is 2.34. The smallest absolute Gasteiger partial charge is 0.149 e. The highest BCUT2D eigenvalue weighted by atomic mass is 15.1. The molecule has 2 saturated heterocycles. The molecule has 0 amide bonds. The number of hydrogen-bond donors (Lipinski definition) is 4. The van der Waals surface area contributed by atoms with Gasteiger partial charge in [0.05, 0.1) is 22.5 Å². The highest BCUT2D eigenvalue weighted by Gasteiger charge is 2.38. The normalized spacial score (nSPS) is 20.5. The first-order valence-electron chi connectivity index (χ1n) is 17.2. The van der Waals surface area contributed by atoms with Crippen molar-refractivity contribution in [2.24, 2.45) is 11.5 Å². The summed E-state index contributed by atoms with van der Waals surface area (Å²) in [7, 11) is 0. The van der Waals surface area contributed by atoms with Gasteiger partial charge < -0.3 is 22.1 Å². The first kappa shape index (κ1) is 32.0. The predicted molar refractivity (Wildman–Crippen MR) is 195 cm³/mol. The molecule has 4 aromatic carbocycles. The Kier molecular flexibility index (Phi) is 9.50. The molecule has 8 rings (SSSR count). The van der Waals surface area contributed by atoms with Gasteiger partial charge in [-0.3, -0.25) is 0 Å². The Morgan fingerprint density at radius 2 is 0.979 bits per heavy atom. The maximum absolute atomic E-state index is 5.85. The Morgan fingerprint density at radius 3 is 1.38 bits per heavy atom. The molecule has 0 radical (unpaired) electrons. The molecule has 2 atom stereocenters. The van der Waals surface area contributed by atoms with Gasteiger partial charge in [0.1, 0.15) is 11.6 Å². The highest BCUT2D eigenvalue weighted by molar-refractivity contribution is 5.87. The molecule has 0 saturated carbocycles. The van der Waals surface area contributed by atoms with E-state index in [2.05, 4.69) is 106 Å². The van der Waals surface area contributed by atoms with Crippen molar-refractivity contribution >= 4 is 21.5 Å². The molecule has 2 aliphatic heterocycles. The van der Waals surface area contributed by atoms with Crippen LogP contribution in [0.3, 0.4) is 0 Å². The molecule has 8 nitrogen and oxygen atoms in total. The van der Waals surface area contributed by atoms with Crippen LogP contribution in [0.2, 0.25) is 0 Å². The van der Waals surface area contributed by atoms with Crippen LogP contribution in [0, 0.1) is 0 Å². The van der Waals surface area contributed by atoms with Gasteiger partial charge in [-0.25, -0.2) is 19.9 Å². The standard InChI is InChI=1S/2C20H22N4/c2*21-11-10-20(9-3-12-23-20)19-22-13-8-18(24-19)17-7-6-15-4-1-2-5-16(15)14-17/h2*1-2,4-8,13-14,23H,3,9-12,21H2/t2*20-/m00/s1. The molecule has 4 heterocycles. The quantitative estimate of drug-likeness (QED) is 0.150. The van der Waals surface area contributed by atoms with E-state index in [4.69, 9.17) is 21.4 Å². The molecule has 6 aromatic rings. The zero-order valence-corrected chi connectivity index (χ0v) is 27.4. The van der Waals surface area contributed by atoms with Crippen molar-refractivity contribution in [3.05, 3.63) is 121 Å². The minimum absolute atomic E-state index is 0.165. The van der Waals surface area contributed by atoms with Crippen LogP contribution in [0.25, 0.3) is 44.1 Å². The summed E-state index contributed by atoms with van der Waals surface area (Å²) in [6.07, 6.45) is 9.85. The van der Waals surface area contributed by atoms with Crippen molar-refractivity contribution in [1.82, 2.24) is 30.6 Å². The van der Waals surface area contributed by atoms with Gasteiger partial charge in [0, 0.05) is 23.5 Å². The zero-order valence-electron chi connectivity index (χ0n) is 27.4. The van der Waals surface area contributed by atoms with E-state index in [1.807, 2.05) is 24.5 Å². The van der Waals surface area contributed by atoms with Gasteiger partial charge in [0.2, 0.25) is 0 Å². The summed E-state index contributed by atoms with van der Waals surface area (Å²) in [5.41, 5.74) is 15.5. The van der Waals surface area contributed by atoms with Crippen molar-refractivity contribution in [3.8, 4) is 22.5 Å². The molecule has 0 bridgehead atoms. The van der Waals surface area contributed by atoms with Gasteiger partial charge in [-0.1, -0.05) is 72.8 Å². The first-order valence-corrected chi connectivity index (χ1v) is 17.2. The predicted octanol–water partition coefficient (Wildman–Crippen LogP) is 6.45. The van der Waals surface area contributed by atoms with Gasteiger partial charge in [0.15, 0.2) is 0 Å². The van der Waals surface area contributed by atoms with Crippen LogP contribution in [-0.4, -0.2) is 46.1 Å². The van der Waals surface area contributed by atoms with E-state index in [0.29, 0.717) is 13.1 Å². The van der Waals surface area contributed by atoms with Crippen LogP contribution in [-0.2, 0) is 11.1 Å². The van der Waals surface area contributed by atoms with E-state index in [0.717, 1.165) is 85.8 Å². The first-order chi connectivity index (χ1) is 23.6. The molecule has 244 valence electrons. The van der Waals surface area contributed by atoms with Crippen LogP contribution in [0.15, 0.2) is 109 Å². The maximum Gasteiger partial charge on any atom is 0.149 e. The lowest BCUT2D eigenvalue weighted by molar-refractivity contribution is 0.343. The summed E-state index contributed by atoms with van der Waals surface area (Å²) in [5.74, 6) is 1.74. The second-order valence-electron chi connectivity index (χ2n) is 13.0. The van der Waals surface area contributed by atoms with Gasteiger partial charge in [-0.05, 0) is 111 Å². The van der Waals surface area contributed by atoms with E-state index in [1.54, 1.807) is 0 Å². The Balaban J connectivity index is 0.000000152. The molecule has 6 N–H and O–H groups in total. The molecule has 2 fully saturated rings. The fourth-order valence-electron chi connectivity index (χ4n) is 7.33.